The summed E-state index contributed by atoms with van der Waals surface area (Å²) in [6, 6.07) is 54.3. The molecular weight excluding hydrogens is 747 g/mol. The van der Waals surface area contributed by atoms with E-state index in [1.54, 1.807) is 0 Å². The van der Waals surface area contributed by atoms with Gasteiger partial charge in [0.2, 0.25) is 5.95 Å². The zero-order chi connectivity index (χ0) is 41.2. The van der Waals surface area contributed by atoms with Crippen molar-refractivity contribution in [3.63, 3.8) is 0 Å². The Balaban J connectivity index is 1.21. The monoisotopic (exact) mass is 787 g/mol. The van der Waals surface area contributed by atoms with Crippen molar-refractivity contribution >= 4 is 60.9 Å². The van der Waals surface area contributed by atoms with Crippen LogP contribution < -0.4 is 4.90 Å². The van der Waals surface area contributed by atoms with Gasteiger partial charge in [-0.2, -0.15) is 9.97 Å². The SMILES string of the molecule is Cc1ccc2c(c1)c1cc(C)ccc1n2-c1cc(-n2c3ccc(C)cc3c3cc(C)ccc32)nc(N(c2ccc(-c3ccncc3)cc2)c2ccc(-c3ccncc3)cc2)n1. The van der Waals surface area contributed by atoms with Crippen LogP contribution in [0.1, 0.15) is 22.3 Å². The Morgan fingerprint density at radius 1 is 0.344 bits per heavy atom. The minimum atomic E-state index is 0.546. The summed E-state index contributed by atoms with van der Waals surface area (Å²) in [5, 5.41) is 4.77. The lowest BCUT2D eigenvalue weighted by molar-refractivity contribution is 0.966. The Labute approximate surface area is 353 Å². The Morgan fingerprint density at radius 2 is 0.656 bits per heavy atom. The molecule has 0 unspecified atom stereocenters. The minimum Gasteiger partial charge on any atom is -0.294 e. The fourth-order valence-electron chi connectivity index (χ4n) is 8.81. The molecule has 0 bridgehead atoms. The van der Waals surface area contributed by atoms with Crippen LogP contribution in [0, 0.1) is 27.7 Å². The van der Waals surface area contributed by atoms with Crippen LogP contribution in [0.25, 0.3) is 77.5 Å². The normalized spacial score (nSPS) is 11.6. The molecule has 0 saturated carbocycles. The Hall–Kier alpha value is -7.90. The number of hydrogen-bond donors (Lipinski definition) is 0. The van der Waals surface area contributed by atoms with Crippen molar-refractivity contribution in [1.29, 1.82) is 0 Å². The van der Waals surface area contributed by atoms with Gasteiger partial charge < -0.3 is 0 Å². The van der Waals surface area contributed by atoms with E-state index in [2.05, 4.69) is 179 Å². The number of nitrogens with zero attached hydrogens (tertiary/aromatic N) is 7. The molecule has 0 atom stereocenters. The van der Waals surface area contributed by atoms with Gasteiger partial charge in [0, 0.05) is 63.8 Å². The largest absolute Gasteiger partial charge is 0.294 e. The number of aryl methyl sites for hydroxylation is 4. The van der Waals surface area contributed by atoms with Gasteiger partial charge in [-0.1, -0.05) is 70.8 Å². The van der Waals surface area contributed by atoms with Crippen molar-refractivity contribution in [1.82, 2.24) is 29.1 Å². The Kier molecular flexibility index (Phi) is 8.56. The van der Waals surface area contributed by atoms with Crippen LogP contribution in [-0.2, 0) is 0 Å². The molecule has 0 amide bonds. The first-order chi connectivity index (χ1) is 29.9. The predicted molar refractivity (Wildman–Crippen MR) is 251 cm³/mol. The van der Waals surface area contributed by atoms with Crippen LogP contribution in [-0.4, -0.2) is 29.1 Å². The smallest absolute Gasteiger partial charge is 0.238 e. The van der Waals surface area contributed by atoms with Crippen LogP contribution in [0.5, 0.6) is 0 Å². The van der Waals surface area contributed by atoms with E-state index in [0.29, 0.717) is 5.95 Å². The fourth-order valence-corrected chi connectivity index (χ4v) is 8.81. The summed E-state index contributed by atoms with van der Waals surface area (Å²) < 4.78 is 4.61. The second-order valence-corrected chi connectivity index (χ2v) is 16.0. The van der Waals surface area contributed by atoms with E-state index in [1.165, 1.54) is 43.8 Å². The molecule has 11 aromatic rings. The third-order valence-corrected chi connectivity index (χ3v) is 11.8. The van der Waals surface area contributed by atoms with Gasteiger partial charge in [-0.25, -0.2) is 0 Å². The first-order valence-electron chi connectivity index (χ1n) is 20.6. The van der Waals surface area contributed by atoms with Gasteiger partial charge in [0.25, 0.3) is 0 Å². The van der Waals surface area contributed by atoms with Gasteiger partial charge in [0.1, 0.15) is 11.6 Å². The average molecular weight is 788 g/mol. The molecular formula is C54H41N7. The van der Waals surface area contributed by atoms with Crippen molar-refractivity contribution in [3.05, 3.63) is 199 Å². The Morgan fingerprint density at radius 3 is 0.984 bits per heavy atom. The molecule has 0 aliphatic heterocycles. The van der Waals surface area contributed by atoms with Crippen LogP contribution in [0.2, 0.25) is 0 Å². The molecule has 6 aromatic carbocycles. The van der Waals surface area contributed by atoms with E-state index >= 15 is 0 Å². The van der Waals surface area contributed by atoms with Crippen LogP contribution in [0.15, 0.2) is 176 Å². The molecule has 0 aliphatic rings. The van der Waals surface area contributed by atoms with Crippen molar-refractivity contribution < 1.29 is 0 Å². The average Bonchev–Trinajstić information content (AvgIpc) is 3.78. The molecule has 0 fully saturated rings. The number of fused-ring (bicyclic) bond motifs is 6. The highest BCUT2D eigenvalue weighted by atomic mass is 15.3. The number of rotatable bonds is 7. The number of benzene rings is 6. The van der Waals surface area contributed by atoms with Gasteiger partial charge in [0.05, 0.1) is 22.1 Å². The lowest BCUT2D eigenvalue weighted by atomic mass is 10.1. The summed E-state index contributed by atoms with van der Waals surface area (Å²) in [4.78, 5) is 21.8. The highest BCUT2D eigenvalue weighted by Gasteiger charge is 2.23. The second kappa shape index (κ2) is 14.4. The lowest BCUT2D eigenvalue weighted by Gasteiger charge is -2.25. The van der Waals surface area contributed by atoms with Crippen molar-refractivity contribution in [2.45, 2.75) is 27.7 Å². The molecule has 0 radical (unpaired) electrons. The summed E-state index contributed by atoms with van der Waals surface area (Å²) in [5.41, 5.74) is 15.5. The molecule has 5 heterocycles. The predicted octanol–water partition coefficient (Wildman–Crippen LogP) is 13.5. The first-order valence-corrected chi connectivity index (χ1v) is 20.6. The number of hydrogen-bond acceptors (Lipinski definition) is 5. The van der Waals surface area contributed by atoms with Crippen molar-refractivity contribution in [2.75, 3.05) is 4.90 Å². The summed E-state index contributed by atoms with van der Waals surface area (Å²) in [5.74, 6) is 2.09. The highest BCUT2D eigenvalue weighted by Crippen LogP contribution is 2.40. The highest BCUT2D eigenvalue weighted by molar-refractivity contribution is 6.11. The molecule has 7 heteroatoms. The first kappa shape index (κ1) is 36.2. The van der Waals surface area contributed by atoms with Crippen LogP contribution in [0.4, 0.5) is 17.3 Å². The molecule has 292 valence electrons. The lowest BCUT2D eigenvalue weighted by Crippen LogP contribution is -2.16. The van der Waals surface area contributed by atoms with Crippen LogP contribution in [0.3, 0.4) is 0 Å². The topological polar surface area (TPSA) is 64.7 Å². The zero-order valence-electron chi connectivity index (χ0n) is 34.4. The van der Waals surface area contributed by atoms with E-state index in [9.17, 15) is 0 Å². The van der Waals surface area contributed by atoms with Gasteiger partial charge in [0.15, 0.2) is 0 Å². The summed E-state index contributed by atoms with van der Waals surface area (Å²) in [6.07, 6.45) is 7.31. The Bertz CT molecular complexity index is 3090. The molecule has 0 saturated heterocycles. The number of aromatic nitrogens is 6. The summed E-state index contributed by atoms with van der Waals surface area (Å²) in [7, 11) is 0. The quantitative estimate of drug-likeness (QED) is 0.161. The van der Waals surface area contributed by atoms with E-state index in [-0.39, 0.29) is 0 Å². The van der Waals surface area contributed by atoms with Crippen LogP contribution >= 0.6 is 0 Å². The van der Waals surface area contributed by atoms with Crippen molar-refractivity contribution in [2.24, 2.45) is 0 Å². The fraction of sp³-hybridized carbons (Fsp3) is 0.0741. The van der Waals surface area contributed by atoms with E-state index in [1.807, 2.05) is 49.1 Å². The second-order valence-electron chi connectivity index (χ2n) is 16.0. The summed E-state index contributed by atoms with van der Waals surface area (Å²) in [6.45, 7) is 8.62. The van der Waals surface area contributed by atoms with E-state index in [4.69, 9.17) is 9.97 Å². The summed E-state index contributed by atoms with van der Waals surface area (Å²) >= 11 is 0. The van der Waals surface area contributed by atoms with Gasteiger partial charge in [-0.3, -0.25) is 24.0 Å². The molecule has 11 rings (SSSR count). The molecule has 5 aromatic heterocycles. The maximum Gasteiger partial charge on any atom is 0.238 e. The maximum absolute atomic E-state index is 5.58. The van der Waals surface area contributed by atoms with Gasteiger partial charge in [-0.05, 0) is 147 Å². The standard InChI is InChI=1S/C54H41N7/c1-34-5-17-48-44(29-34)45-30-35(2)6-18-49(45)60(48)52-33-53(61-50-19-7-36(3)31-46(50)47-32-37(4)8-20-51(47)61)58-54(57-52)59(42-13-9-38(10-14-42)40-21-25-55-26-22-40)43-15-11-39(12-16-43)41-23-27-56-28-24-41/h5-33H,1-4H3. The maximum atomic E-state index is 5.58. The van der Waals surface area contributed by atoms with E-state index < -0.39 is 0 Å². The molecule has 0 spiro atoms. The number of anilines is 3. The minimum absolute atomic E-state index is 0.546. The molecule has 61 heavy (non-hydrogen) atoms. The molecule has 0 aliphatic carbocycles. The van der Waals surface area contributed by atoms with Gasteiger partial charge >= 0.3 is 0 Å². The molecule has 7 nitrogen and oxygen atoms in total. The zero-order valence-corrected chi connectivity index (χ0v) is 34.4. The van der Waals surface area contributed by atoms with Gasteiger partial charge in [-0.15, -0.1) is 0 Å². The number of pyridine rings is 2. The van der Waals surface area contributed by atoms with E-state index in [0.717, 1.165) is 67.3 Å². The molecule has 0 N–H and O–H groups in total. The third-order valence-electron chi connectivity index (χ3n) is 11.8. The van der Waals surface area contributed by atoms with Crippen molar-refractivity contribution in [3.8, 4) is 33.9 Å². The third kappa shape index (κ3) is 6.30.